The van der Waals surface area contributed by atoms with Gasteiger partial charge in [0.2, 0.25) is 0 Å². The molecule has 1 heterocycles. The second kappa shape index (κ2) is 5.34. The van der Waals surface area contributed by atoms with Crippen LogP contribution in [0, 0.1) is 0 Å². The topological polar surface area (TPSA) is 22.4 Å². The Labute approximate surface area is 118 Å². The SMILES string of the molecule is COc1ccc(Cl)cc1C(Br)c1ccc(Cl)o1. The first kappa shape index (κ1) is 12.8. The van der Waals surface area contributed by atoms with Gasteiger partial charge in [-0.15, -0.1) is 0 Å². The fraction of sp³-hybridized carbons (Fsp3) is 0.167. The minimum Gasteiger partial charge on any atom is -0.496 e. The second-order valence-corrected chi connectivity index (χ2v) is 5.12. The maximum atomic E-state index is 5.98. The summed E-state index contributed by atoms with van der Waals surface area (Å²) in [7, 11) is 1.61. The minimum absolute atomic E-state index is 0.149. The smallest absolute Gasteiger partial charge is 0.193 e. The molecule has 0 saturated heterocycles. The van der Waals surface area contributed by atoms with Gasteiger partial charge in [-0.3, -0.25) is 0 Å². The number of ether oxygens (including phenoxy) is 1. The highest BCUT2D eigenvalue weighted by atomic mass is 79.9. The highest BCUT2D eigenvalue weighted by molar-refractivity contribution is 9.09. The van der Waals surface area contributed by atoms with E-state index in [9.17, 15) is 0 Å². The van der Waals surface area contributed by atoms with Gasteiger partial charge in [-0.1, -0.05) is 27.5 Å². The van der Waals surface area contributed by atoms with Crippen molar-refractivity contribution in [2.24, 2.45) is 0 Å². The predicted molar refractivity (Wildman–Crippen MR) is 72.5 cm³/mol. The van der Waals surface area contributed by atoms with Crippen LogP contribution >= 0.6 is 39.1 Å². The fourth-order valence-corrected chi connectivity index (χ4v) is 2.46. The average Bonchev–Trinajstić information content (AvgIpc) is 2.75. The molecular formula is C12H9BrCl2O2. The van der Waals surface area contributed by atoms with E-state index in [1.54, 1.807) is 19.2 Å². The third-order valence-electron chi connectivity index (χ3n) is 2.31. The van der Waals surface area contributed by atoms with Crippen LogP contribution in [-0.4, -0.2) is 7.11 Å². The van der Waals surface area contributed by atoms with Crippen LogP contribution in [0.5, 0.6) is 5.75 Å². The maximum absolute atomic E-state index is 5.98. The van der Waals surface area contributed by atoms with Gasteiger partial charge in [-0.25, -0.2) is 0 Å². The zero-order valence-electron chi connectivity index (χ0n) is 8.91. The van der Waals surface area contributed by atoms with Crippen molar-refractivity contribution in [3.05, 3.63) is 51.9 Å². The van der Waals surface area contributed by atoms with Gasteiger partial charge < -0.3 is 9.15 Å². The van der Waals surface area contributed by atoms with Gasteiger partial charge in [-0.2, -0.15) is 0 Å². The lowest BCUT2D eigenvalue weighted by molar-refractivity contribution is 0.408. The third kappa shape index (κ3) is 2.79. The highest BCUT2D eigenvalue weighted by Gasteiger charge is 2.18. The molecule has 0 fully saturated rings. The van der Waals surface area contributed by atoms with Crippen LogP contribution in [-0.2, 0) is 0 Å². The van der Waals surface area contributed by atoms with Crippen molar-refractivity contribution in [2.75, 3.05) is 7.11 Å². The van der Waals surface area contributed by atoms with E-state index in [0.29, 0.717) is 16.0 Å². The molecule has 1 aromatic carbocycles. The molecule has 2 nitrogen and oxygen atoms in total. The van der Waals surface area contributed by atoms with E-state index in [0.717, 1.165) is 11.3 Å². The Morgan fingerprint density at radius 3 is 2.59 bits per heavy atom. The molecule has 1 aromatic heterocycles. The standard InChI is InChI=1S/C12H9BrCl2O2/c1-16-9-3-2-7(14)6-8(9)12(13)10-4-5-11(15)17-10/h2-6,12H,1H3. The zero-order valence-corrected chi connectivity index (χ0v) is 12.0. The Bertz CT molecular complexity index is 525. The largest absolute Gasteiger partial charge is 0.496 e. The van der Waals surface area contributed by atoms with Crippen molar-refractivity contribution in [1.29, 1.82) is 0 Å². The van der Waals surface area contributed by atoms with Gasteiger partial charge in [0.15, 0.2) is 5.22 Å². The number of halogens is 3. The molecule has 0 aliphatic carbocycles. The molecule has 0 bridgehead atoms. The van der Waals surface area contributed by atoms with Crippen molar-refractivity contribution in [1.82, 2.24) is 0 Å². The number of rotatable bonds is 3. The van der Waals surface area contributed by atoms with Crippen LogP contribution in [0.15, 0.2) is 34.7 Å². The van der Waals surface area contributed by atoms with E-state index < -0.39 is 0 Å². The minimum atomic E-state index is -0.149. The molecule has 0 aliphatic rings. The van der Waals surface area contributed by atoms with Gasteiger partial charge >= 0.3 is 0 Å². The summed E-state index contributed by atoms with van der Waals surface area (Å²) in [6.07, 6.45) is 0. The van der Waals surface area contributed by atoms with Crippen molar-refractivity contribution in [3.63, 3.8) is 0 Å². The van der Waals surface area contributed by atoms with E-state index in [2.05, 4.69) is 15.9 Å². The zero-order chi connectivity index (χ0) is 12.4. The van der Waals surface area contributed by atoms with Crippen molar-refractivity contribution in [3.8, 4) is 5.75 Å². The summed E-state index contributed by atoms with van der Waals surface area (Å²) in [6.45, 7) is 0. The Morgan fingerprint density at radius 1 is 1.24 bits per heavy atom. The lowest BCUT2D eigenvalue weighted by atomic mass is 10.1. The molecule has 0 spiro atoms. The fourth-order valence-electron chi connectivity index (χ4n) is 1.52. The first-order valence-corrected chi connectivity index (χ1v) is 6.51. The summed E-state index contributed by atoms with van der Waals surface area (Å²) in [6, 6.07) is 8.93. The number of benzene rings is 1. The van der Waals surface area contributed by atoms with Crippen molar-refractivity contribution < 1.29 is 9.15 Å². The number of methoxy groups -OCH3 is 1. The first-order valence-electron chi connectivity index (χ1n) is 4.84. The van der Waals surface area contributed by atoms with Gasteiger partial charge in [0.25, 0.3) is 0 Å². The molecule has 5 heteroatoms. The molecule has 90 valence electrons. The van der Waals surface area contributed by atoms with Gasteiger partial charge in [-0.05, 0) is 41.9 Å². The first-order chi connectivity index (χ1) is 8.11. The lowest BCUT2D eigenvalue weighted by Crippen LogP contribution is -1.95. The molecule has 2 rings (SSSR count). The van der Waals surface area contributed by atoms with E-state index in [4.69, 9.17) is 32.4 Å². The Kier molecular flexibility index (Phi) is 4.02. The van der Waals surface area contributed by atoms with Crippen LogP contribution in [0.2, 0.25) is 10.2 Å². The molecule has 0 amide bonds. The van der Waals surface area contributed by atoms with E-state index >= 15 is 0 Å². The summed E-state index contributed by atoms with van der Waals surface area (Å²) < 4.78 is 10.6. The van der Waals surface area contributed by atoms with Crippen molar-refractivity contribution >= 4 is 39.1 Å². The molecule has 17 heavy (non-hydrogen) atoms. The van der Waals surface area contributed by atoms with Crippen LogP contribution in [0.4, 0.5) is 0 Å². The van der Waals surface area contributed by atoms with E-state index in [1.165, 1.54) is 0 Å². The van der Waals surface area contributed by atoms with Crippen molar-refractivity contribution in [2.45, 2.75) is 4.83 Å². The number of furan rings is 1. The summed E-state index contributed by atoms with van der Waals surface area (Å²) in [5.74, 6) is 1.44. The Balaban J connectivity index is 2.42. The van der Waals surface area contributed by atoms with Crippen LogP contribution in [0.3, 0.4) is 0 Å². The molecule has 0 N–H and O–H groups in total. The van der Waals surface area contributed by atoms with Gasteiger partial charge in [0.1, 0.15) is 16.3 Å². The molecule has 1 atom stereocenters. The van der Waals surface area contributed by atoms with Crippen LogP contribution in [0.1, 0.15) is 16.2 Å². The summed E-state index contributed by atoms with van der Waals surface area (Å²) >= 11 is 15.3. The molecule has 0 saturated carbocycles. The van der Waals surface area contributed by atoms with Gasteiger partial charge in [0, 0.05) is 10.6 Å². The number of hydrogen-bond donors (Lipinski definition) is 0. The lowest BCUT2D eigenvalue weighted by Gasteiger charge is -2.12. The average molecular weight is 336 g/mol. The van der Waals surface area contributed by atoms with Crippen LogP contribution < -0.4 is 4.74 Å². The maximum Gasteiger partial charge on any atom is 0.193 e. The quantitative estimate of drug-likeness (QED) is 0.730. The molecule has 2 aromatic rings. The summed E-state index contributed by atoms with van der Waals surface area (Å²) in [5.41, 5.74) is 0.894. The van der Waals surface area contributed by atoms with E-state index in [-0.39, 0.29) is 4.83 Å². The van der Waals surface area contributed by atoms with E-state index in [1.807, 2.05) is 18.2 Å². The highest BCUT2D eigenvalue weighted by Crippen LogP contribution is 2.39. The summed E-state index contributed by atoms with van der Waals surface area (Å²) in [4.78, 5) is -0.149. The number of hydrogen-bond acceptors (Lipinski definition) is 2. The summed E-state index contributed by atoms with van der Waals surface area (Å²) in [5, 5.41) is 0.994. The second-order valence-electron chi connectivity index (χ2n) is 3.39. The normalized spacial score (nSPS) is 12.5. The monoisotopic (exact) mass is 334 g/mol. The number of alkyl halides is 1. The molecule has 0 radical (unpaired) electrons. The Morgan fingerprint density at radius 2 is 2.00 bits per heavy atom. The van der Waals surface area contributed by atoms with Gasteiger partial charge in [0.05, 0.1) is 7.11 Å². The third-order valence-corrected chi connectivity index (χ3v) is 3.69. The predicted octanol–water partition coefficient (Wildman–Crippen LogP) is 5.08. The molecular weight excluding hydrogens is 327 g/mol. The molecule has 0 aliphatic heterocycles. The Hall–Kier alpha value is -0.640. The van der Waals surface area contributed by atoms with Crippen LogP contribution in [0.25, 0.3) is 0 Å². The molecule has 1 unspecified atom stereocenters.